The van der Waals surface area contributed by atoms with Crippen molar-refractivity contribution in [3.63, 3.8) is 0 Å². The lowest BCUT2D eigenvalue weighted by atomic mass is 9.85. The Hall–Kier alpha value is -0.550. The largest absolute Gasteiger partial charge is 0.362 e. The molecule has 1 N–H and O–H groups in total. The lowest BCUT2D eigenvalue weighted by Crippen LogP contribution is -2.46. The Morgan fingerprint density at radius 1 is 1.50 bits per heavy atom. The maximum absolute atomic E-state index is 4.66. The zero-order valence-corrected chi connectivity index (χ0v) is 12.9. The van der Waals surface area contributed by atoms with Crippen molar-refractivity contribution in [3.8, 4) is 0 Å². The SMILES string of the molecule is CC(C)(C)C1CCSC(=NCCc2nccs2)N1. The van der Waals surface area contributed by atoms with Gasteiger partial charge >= 0.3 is 0 Å². The molecule has 0 aliphatic carbocycles. The Bertz CT molecular complexity index is 393. The van der Waals surface area contributed by atoms with E-state index in [1.807, 2.05) is 23.3 Å². The zero-order chi connectivity index (χ0) is 13.0. The summed E-state index contributed by atoms with van der Waals surface area (Å²) in [5.74, 6) is 1.17. The number of rotatable bonds is 3. The molecule has 0 bridgehead atoms. The highest BCUT2D eigenvalue weighted by atomic mass is 32.2. The molecule has 0 radical (unpaired) electrons. The Balaban J connectivity index is 1.85. The summed E-state index contributed by atoms with van der Waals surface area (Å²) in [4.78, 5) is 8.93. The van der Waals surface area contributed by atoms with Crippen LogP contribution in [0.3, 0.4) is 0 Å². The van der Waals surface area contributed by atoms with Crippen molar-refractivity contribution in [1.29, 1.82) is 0 Å². The summed E-state index contributed by atoms with van der Waals surface area (Å²) >= 11 is 3.55. The maximum Gasteiger partial charge on any atom is 0.156 e. The van der Waals surface area contributed by atoms with E-state index in [0.717, 1.165) is 18.1 Å². The lowest BCUT2D eigenvalue weighted by Gasteiger charge is -2.35. The summed E-state index contributed by atoms with van der Waals surface area (Å²) in [5.41, 5.74) is 0.303. The van der Waals surface area contributed by atoms with E-state index in [4.69, 9.17) is 0 Å². The average molecular weight is 283 g/mol. The summed E-state index contributed by atoms with van der Waals surface area (Å²) in [6, 6.07) is 0.539. The van der Waals surface area contributed by atoms with Crippen molar-refractivity contribution >= 4 is 28.3 Å². The van der Waals surface area contributed by atoms with Gasteiger partial charge in [-0.15, -0.1) is 11.3 Å². The number of hydrogen-bond acceptors (Lipinski definition) is 4. The van der Waals surface area contributed by atoms with Crippen molar-refractivity contribution in [1.82, 2.24) is 10.3 Å². The molecule has 1 fully saturated rings. The minimum absolute atomic E-state index is 0.303. The summed E-state index contributed by atoms with van der Waals surface area (Å²) in [6.45, 7) is 7.69. The van der Waals surface area contributed by atoms with E-state index in [-0.39, 0.29) is 0 Å². The van der Waals surface area contributed by atoms with Gasteiger partial charge in [0.1, 0.15) is 0 Å². The van der Waals surface area contributed by atoms with Gasteiger partial charge in [0.2, 0.25) is 0 Å². The fourth-order valence-corrected chi connectivity index (χ4v) is 3.47. The van der Waals surface area contributed by atoms with Gasteiger partial charge in [0.25, 0.3) is 0 Å². The zero-order valence-electron chi connectivity index (χ0n) is 11.3. The van der Waals surface area contributed by atoms with Crippen LogP contribution in [0.5, 0.6) is 0 Å². The number of amidine groups is 1. The molecule has 18 heavy (non-hydrogen) atoms. The standard InChI is InChI=1S/C13H21N3S2/c1-13(2,3)10-5-8-18-12(16-10)15-6-4-11-14-7-9-17-11/h7,9-10H,4-6,8H2,1-3H3,(H,15,16). The van der Waals surface area contributed by atoms with Crippen LogP contribution < -0.4 is 5.32 Å². The van der Waals surface area contributed by atoms with Crippen LogP contribution in [0.2, 0.25) is 0 Å². The Morgan fingerprint density at radius 3 is 3.00 bits per heavy atom. The number of thioether (sulfide) groups is 1. The molecule has 1 aromatic heterocycles. The quantitative estimate of drug-likeness (QED) is 0.925. The minimum Gasteiger partial charge on any atom is -0.362 e. The predicted octanol–water partition coefficient (Wildman–Crippen LogP) is 3.18. The second-order valence-electron chi connectivity index (χ2n) is 5.56. The van der Waals surface area contributed by atoms with Gasteiger partial charge in [-0.1, -0.05) is 32.5 Å². The molecule has 0 aromatic carbocycles. The Morgan fingerprint density at radius 2 is 2.33 bits per heavy atom. The third-order valence-corrected chi connectivity index (χ3v) is 4.85. The predicted molar refractivity (Wildman–Crippen MR) is 81.6 cm³/mol. The minimum atomic E-state index is 0.303. The van der Waals surface area contributed by atoms with Gasteiger partial charge in [-0.25, -0.2) is 4.98 Å². The second kappa shape index (κ2) is 6.06. The number of thiazole rings is 1. The first kappa shape index (κ1) is 13.9. The molecule has 1 aromatic rings. The number of hydrogen-bond donors (Lipinski definition) is 1. The van der Waals surface area contributed by atoms with E-state index in [2.05, 4.69) is 36.1 Å². The molecule has 2 heterocycles. The van der Waals surface area contributed by atoms with Gasteiger partial charge in [0.05, 0.1) is 5.01 Å². The van der Waals surface area contributed by atoms with Gasteiger partial charge in [0.15, 0.2) is 5.17 Å². The van der Waals surface area contributed by atoms with Gasteiger partial charge in [-0.3, -0.25) is 4.99 Å². The maximum atomic E-state index is 4.66. The Kier molecular flexibility index (Phi) is 4.67. The first-order valence-corrected chi connectivity index (χ1v) is 8.24. The van der Waals surface area contributed by atoms with Crippen LogP contribution in [-0.2, 0) is 6.42 Å². The highest BCUT2D eigenvalue weighted by Crippen LogP contribution is 2.27. The number of aromatic nitrogens is 1. The van der Waals surface area contributed by atoms with Crippen LogP contribution in [0.15, 0.2) is 16.6 Å². The molecule has 0 amide bonds. The molecular formula is C13H21N3S2. The van der Waals surface area contributed by atoms with E-state index in [1.165, 1.54) is 17.2 Å². The van der Waals surface area contributed by atoms with Crippen LogP contribution in [0, 0.1) is 5.41 Å². The average Bonchev–Trinajstić information content (AvgIpc) is 2.81. The number of nitrogens with one attached hydrogen (secondary N) is 1. The Labute approximate surface area is 118 Å². The lowest BCUT2D eigenvalue weighted by molar-refractivity contribution is 0.290. The monoisotopic (exact) mass is 283 g/mol. The van der Waals surface area contributed by atoms with Gasteiger partial charge < -0.3 is 5.32 Å². The molecule has 100 valence electrons. The van der Waals surface area contributed by atoms with E-state index >= 15 is 0 Å². The topological polar surface area (TPSA) is 37.3 Å². The highest BCUT2D eigenvalue weighted by molar-refractivity contribution is 8.13. The third-order valence-electron chi connectivity index (χ3n) is 3.05. The summed E-state index contributed by atoms with van der Waals surface area (Å²) in [7, 11) is 0. The summed E-state index contributed by atoms with van der Waals surface area (Å²) < 4.78 is 0. The molecule has 0 saturated carbocycles. The number of nitrogens with zero attached hydrogens (tertiary/aromatic N) is 2. The molecule has 3 nitrogen and oxygen atoms in total. The normalized spacial score (nSPS) is 23.1. The second-order valence-corrected chi connectivity index (χ2v) is 7.63. The van der Waals surface area contributed by atoms with Crippen LogP contribution in [0.4, 0.5) is 0 Å². The summed E-state index contributed by atoms with van der Waals surface area (Å²) in [5, 5.41) is 7.87. The van der Waals surface area contributed by atoms with E-state index in [9.17, 15) is 0 Å². The van der Waals surface area contributed by atoms with Crippen molar-refractivity contribution in [2.45, 2.75) is 39.7 Å². The molecule has 1 saturated heterocycles. The van der Waals surface area contributed by atoms with Gasteiger partial charge in [-0.2, -0.15) is 0 Å². The fourth-order valence-electron chi connectivity index (χ4n) is 1.91. The van der Waals surface area contributed by atoms with E-state index in [0.29, 0.717) is 11.5 Å². The van der Waals surface area contributed by atoms with Gasteiger partial charge in [0, 0.05) is 36.3 Å². The van der Waals surface area contributed by atoms with Crippen molar-refractivity contribution in [2.75, 3.05) is 12.3 Å². The molecule has 1 atom stereocenters. The molecule has 1 aliphatic heterocycles. The first-order chi connectivity index (χ1) is 8.55. The fraction of sp³-hybridized carbons (Fsp3) is 0.692. The van der Waals surface area contributed by atoms with Crippen molar-refractivity contribution in [2.24, 2.45) is 10.4 Å². The molecular weight excluding hydrogens is 262 g/mol. The number of aliphatic imine (C=N–C) groups is 1. The van der Waals surface area contributed by atoms with E-state index < -0.39 is 0 Å². The molecule has 2 rings (SSSR count). The van der Waals surface area contributed by atoms with E-state index in [1.54, 1.807) is 11.3 Å². The highest BCUT2D eigenvalue weighted by Gasteiger charge is 2.28. The van der Waals surface area contributed by atoms with Crippen molar-refractivity contribution in [3.05, 3.63) is 16.6 Å². The van der Waals surface area contributed by atoms with Crippen molar-refractivity contribution < 1.29 is 0 Å². The molecule has 1 aliphatic rings. The molecule has 1 unspecified atom stereocenters. The van der Waals surface area contributed by atoms with Crippen LogP contribution in [0.1, 0.15) is 32.2 Å². The molecule has 5 heteroatoms. The van der Waals surface area contributed by atoms with Crippen LogP contribution in [0.25, 0.3) is 0 Å². The summed E-state index contributed by atoms with van der Waals surface area (Å²) in [6.07, 6.45) is 4.03. The molecule has 0 spiro atoms. The van der Waals surface area contributed by atoms with Gasteiger partial charge in [-0.05, 0) is 11.8 Å². The van der Waals surface area contributed by atoms with Crippen LogP contribution >= 0.6 is 23.1 Å². The smallest absolute Gasteiger partial charge is 0.156 e. The third kappa shape index (κ3) is 3.99. The van der Waals surface area contributed by atoms with Crippen LogP contribution in [-0.4, -0.2) is 28.5 Å². The first-order valence-electron chi connectivity index (χ1n) is 6.38.